The Morgan fingerprint density at radius 3 is 2.42 bits per heavy atom. The minimum Gasteiger partial charge on any atom is -0.323 e. The number of anilines is 1. The maximum atomic E-state index is 12.0. The smallest absolute Gasteiger partial charge is 0.289 e. The van der Waals surface area contributed by atoms with Crippen molar-refractivity contribution in [3.8, 4) is 0 Å². The summed E-state index contributed by atoms with van der Waals surface area (Å²) in [6, 6.07) is 14.2. The highest BCUT2D eigenvalue weighted by atomic mass is 35.5. The van der Waals surface area contributed by atoms with Crippen LogP contribution in [0.2, 0.25) is 5.02 Å². The van der Waals surface area contributed by atoms with E-state index in [1.807, 2.05) is 12.1 Å². The third kappa shape index (κ3) is 4.74. The van der Waals surface area contributed by atoms with Gasteiger partial charge in [-0.3, -0.25) is 19.3 Å². The second-order valence-corrected chi connectivity index (χ2v) is 6.97. The first kappa shape index (κ1) is 18.2. The molecule has 26 heavy (non-hydrogen) atoms. The summed E-state index contributed by atoms with van der Waals surface area (Å²) < 4.78 is 0. The number of nitrogens with one attached hydrogen (secondary N) is 1. The lowest BCUT2D eigenvalue weighted by Gasteiger charge is -2.13. The van der Waals surface area contributed by atoms with Gasteiger partial charge >= 0.3 is 0 Å². The van der Waals surface area contributed by atoms with Crippen LogP contribution in [0.4, 0.5) is 10.5 Å². The summed E-state index contributed by atoms with van der Waals surface area (Å²) in [5.41, 5.74) is 2.33. The molecule has 5 nitrogen and oxygen atoms in total. The lowest BCUT2D eigenvalue weighted by atomic mass is 10.2. The van der Waals surface area contributed by atoms with E-state index in [4.69, 9.17) is 11.6 Å². The number of benzene rings is 2. The second kappa shape index (κ2) is 8.21. The molecule has 2 aromatic carbocycles. The van der Waals surface area contributed by atoms with Gasteiger partial charge in [0.25, 0.3) is 5.24 Å². The highest BCUT2D eigenvalue weighted by molar-refractivity contribution is 8.14. The number of hydrogen-bond acceptors (Lipinski definition) is 4. The van der Waals surface area contributed by atoms with Crippen LogP contribution in [0.25, 0.3) is 6.08 Å². The molecule has 1 saturated heterocycles. The molecule has 132 valence electrons. The number of halogens is 1. The molecule has 0 aliphatic carbocycles. The standard InChI is InChI=1S/C19H15ClN2O3S/c20-15-6-1-13(2-7-15)5-10-17(23)21-16-8-3-14(4-9-16)11-22-18(24)12-26-19(22)25/h1-10H,11-12H2,(H,21,23)/b10-5+. The summed E-state index contributed by atoms with van der Waals surface area (Å²) in [4.78, 5) is 36.4. The number of hydrogen-bond donors (Lipinski definition) is 1. The van der Waals surface area contributed by atoms with Gasteiger partial charge in [0.2, 0.25) is 11.8 Å². The molecular weight excluding hydrogens is 372 g/mol. The summed E-state index contributed by atoms with van der Waals surface area (Å²) in [5.74, 6) is -0.230. The summed E-state index contributed by atoms with van der Waals surface area (Å²) >= 11 is 6.83. The van der Waals surface area contributed by atoms with E-state index in [0.29, 0.717) is 10.7 Å². The molecule has 3 rings (SSSR count). The Morgan fingerprint density at radius 2 is 1.81 bits per heavy atom. The second-order valence-electron chi connectivity index (χ2n) is 5.61. The Balaban J connectivity index is 1.56. The average molecular weight is 387 g/mol. The molecule has 0 saturated carbocycles. The van der Waals surface area contributed by atoms with Crippen molar-refractivity contribution in [3.05, 3.63) is 70.8 Å². The van der Waals surface area contributed by atoms with E-state index < -0.39 is 0 Å². The summed E-state index contributed by atoms with van der Waals surface area (Å²) in [7, 11) is 0. The molecular formula is C19H15ClN2O3S. The van der Waals surface area contributed by atoms with Crippen LogP contribution in [-0.2, 0) is 16.1 Å². The minimum absolute atomic E-state index is 0.176. The van der Waals surface area contributed by atoms with Gasteiger partial charge in [-0.1, -0.05) is 47.6 Å². The fourth-order valence-electron chi connectivity index (χ4n) is 2.34. The van der Waals surface area contributed by atoms with Gasteiger partial charge in [0.1, 0.15) is 0 Å². The topological polar surface area (TPSA) is 66.5 Å². The number of rotatable bonds is 5. The fourth-order valence-corrected chi connectivity index (χ4v) is 3.19. The third-order valence-corrected chi connectivity index (χ3v) is 4.81. The average Bonchev–Trinajstić information content (AvgIpc) is 2.95. The van der Waals surface area contributed by atoms with Crippen molar-refractivity contribution in [2.24, 2.45) is 0 Å². The number of nitrogens with zero attached hydrogens (tertiary/aromatic N) is 1. The van der Waals surface area contributed by atoms with Crippen molar-refractivity contribution in [2.45, 2.75) is 6.54 Å². The molecule has 0 unspecified atom stereocenters. The van der Waals surface area contributed by atoms with Gasteiger partial charge in [0.05, 0.1) is 12.3 Å². The molecule has 1 aliphatic rings. The zero-order valence-corrected chi connectivity index (χ0v) is 15.2. The fraction of sp³-hybridized carbons (Fsp3) is 0.105. The van der Waals surface area contributed by atoms with Crippen molar-refractivity contribution in [2.75, 3.05) is 11.1 Å². The first-order chi connectivity index (χ1) is 12.5. The zero-order chi connectivity index (χ0) is 18.5. The van der Waals surface area contributed by atoms with Crippen molar-refractivity contribution in [3.63, 3.8) is 0 Å². The van der Waals surface area contributed by atoms with Gasteiger partial charge in [-0.05, 0) is 41.5 Å². The number of imide groups is 1. The van der Waals surface area contributed by atoms with Crippen LogP contribution in [0.3, 0.4) is 0 Å². The van der Waals surface area contributed by atoms with Crippen molar-refractivity contribution in [1.82, 2.24) is 4.90 Å². The highest BCUT2D eigenvalue weighted by Gasteiger charge is 2.29. The van der Waals surface area contributed by atoms with E-state index in [0.717, 1.165) is 22.9 Å². The molecule has 0 bridgehead atoms. The van der Waals surface area contributed by atoms with E-state index in [1.165, 1.54) is 11.0 Å². The Hall–Kier alpha value is -2.57. The maximum Gasteiger partial charge on any atom is 0.289 e. The van der Waals surface area contributed by atoms with Crippen LogP contribution in [-0.4, -0.2) is 27.7 Å². The van der Waals surface area contributed by atoms with E-state index >= 15 is 0 Å². The Bertz CT molecular complexity index is 847. The summed E-state index contributed by atoms with van der Waals surface area (Å²) in [6.07, 6.45) is 3.14. The predicted octanol–water partition coefficient (Wildman–Crippen LogP) is 4.19. The van der Waals surface area contributed by atoms with Crippen LogP contribution in [0, 0.1) is 0 Å². The van der Waals surface area contributed by atoms with Gasteiger partial charge in [-0.2, -0.15) is 0 Å². The molecule has 3 amide bonds. The van der Waals surface area contributed by atoms with Crippen LogP contribution < -0.4 is 5.32 Å². The molecule has 0 atom stereocenters. The van der Waals surface area contributed by atoms with Gasteiger partial charge in [-0.25, -0.2) is 0 Å². The number of amides is 3. The van der Waals surface area contributed by atoms with Crippen molar-refractivity contribution < 1.29 is 14.4 Å². The molecule has 1 heterocycles. The summed E-state index contributed by atoms with van der Waals surface area (Å²) in [5, 5.41) is 3.18. The Labute approximate surface area is 160 Å². The van der Waals surface area contributed by atoms with Crippen LogP contribution in [0.15, 0.2) is 54.6 Å². The van der Waals surface area contributed by atoms with Gasteiger partial charge in [0, 0.05) is 16.8 Å². The number of carbonyl (C=O) groups excluding carboxylic acids is 3. The zero-order valence-electron chi connectivity index (χ0n) is 13.6. The first-order valence-electron chi connectivity index (χ1n) is 7.82. The lowest BCUT2D eigenvalue weighted by molar-refractivity contribution is -0.125. The lowest BCUT2D eigenvalue weighted by Crippen LogP contribution is -2.27. The van der Waals surface area contributed by atoms with Gasteiger partial charge in [0.15, 0.2) is 0 Å². The Morgan fingerprint density at radius 1 is 1.12 bits per heavy atom. The highest BCUT2D eigenvalue weighted by Crippen LogP contribution is 2.22. The molecule has 0 radical (unpaired) electrons. The molecule has 7 heteroatoms. The van der Waals surface area contributed by atoms with E-state index in [9.17, 15) is 14.4 Å². The quantitative estimate of drug-likeness (QED) is 0.782. The normalized spacial score (nSPS) is 14.3. The molecule has 1 aliphatic heterocycles. The molecule has 0 aromatic heterocycles. The molecule has 0 spiro atoms. The Kier molecular flexibility index (Phi) is 5.75. The third-order valence-electron chi connectivity index (χ3n) is 3.70. The molecule has 1 N–H and O–H groups in total. The molecule has 1 fully saturated rings. The van der Waals surface area contributed by atoms with Crippen LogP contribution in [0.1, 0.15) is 11.1 Å². The summed E-state index contributed by atoms with van der Waals surface area (Å²) in [6.45, 7) is 0.245. The predicted molar refractivity (Wildman–Crippen MR) is 104 cm³/mol. The first-order valence-corrected chi connectivity index (χ1v) is 9.18. The van der Waals surface area contributed by atoms with E-state index in [1.54, 1.807) is 42.5 Å². The van der Waals surface area contributed by atoms with Crippen LogP contribution in [0.5, 0.6) is 0 Å². The SMILES string of the molecule is O=C(/C=C/c1ccc(Cl)cc1)Nc1ccc(CN2C(=O)CSC2=O)cc1. The van der Waals surface area contributed by atoms with Gasteiger partial charge < -0.3 is 5.32 Å². The number of thioether (sulfide) groups is 1. The monoisotopic (exact) mass is 386 g/mol. The van der Waals surface area contributed by atoms with Crippen LogP contribution >= 0.6 is 23.4 Å². The number of carbonyl (C=O) groups is 3. The van der Waals surface area contributed by atoms with Crippen molar-refractivity contribution >= 4 is 52.2 Å². The van der Waals surface area contributed by atoms with E-state index in [-0.39, 0.29) is 29.4 Å². The van der Waals surface area contributed by atoms with E-state index in [2.05, 4.69) is 5.32 Å². The molecule has 2 aromatic rings. The maximum absolute atomic E-state index is 12.0. The largest absolute Gasteiger partial charge is 0.323 e. The minimum atomic E-state index is -0.256. The van der Waals surface area contributed by atoms with Crippen molar-refractivity contribution in [1.29, 1.82) is 0 Å². The van der Waals surface area contributed by atoms with Gasteiger partial charge in [-0.15, -0.1) is 0 Å².